The smallest absolute Gasteiger partial charge is 0.283 e. The number of hydrogen-bond donors (Lipinski definition) is 1. The Hall–Kier alpha value is -1.33. The van der Waals surface area contributed by atoms with Crippen LogP contribution < -0.4 is 5.32 Å². The maximum absolute atomic E-state index is 12.0. The molecule has 1 N–H and O–H groups in total. The Labute approximate surface area is 113 Å². The number of amides is 1. The highest BCUT2D eigenvalue weighted by Gasteiger charge is 2.44. The van der Waals surface area contributed by atoms with Gasteiger partial charge in [-0.25, -0.2) is 0 Å². The molecule has 7 heteroatoms. The monoisotopic (exact) mass is 288 g/mol. The van der Waals surface area contributed by atoms with Crippen molar-refractivity contribution in [3.8, 4) is 0 Å². The number of halogens is 2. The van der Waals surface area contributed by atoms with Crippen LogP contribution in [0.25, 0.3) is 0 Å². The maximum Gasteiger partial charge on any atom is 0.283 e. The molecule has 1 aliphatic carbocycles. The van der Waals surface area contributed by atoms with E-state index in [1.807, 2.05) is 0 Å². The molecule has 1 aliphatic rings. The van der Waals surface area contributed by atoms with Crippen molar-refractivity contribution in [3.63, 3.8) is 0 Å². The van der Waals surface area contributed by atoms with Crippen LogP contribution >= 0.6 is 23.2 Å². The summed E-state index contributed by atoms with van der Waals surface area (Å²) < 4.78 is 0. The van der Waals surface area contributed by atoms with Crippen LogP contribution in [0.1, 0.15) is 23.2 Å². The summed E-state index contributed by atoms with van der Waals surface area (Å²) in [6.07, 6.45) is 1.56. The molecule has 5 nitrogen and oxygen atoms in total. The molecule has 1 fully saturated rings. The number of nitro groups is 1. The molecule has 2 rings (SSSR count). The first-order chi connectivity index (χ1) is 8.49. The zero-order valence-corrected chi connectivity index (χ0v) is 10.8. The highest BCUT2D eigenvalue weighted by Crippen LogP contribution is 2.37. The zero-order chi connectivity index (χ0) is 13.3. The highest BCUT2D eigenvalue weighted by molar-refractivity contribution is 6.34. The van der Waals surface area contributed by atoms with E-state index in [1.165, 1.54) is 18.2 Å². The minimum absolute atomic E-state index is 0.0621. The average molecular weight is 289 g/mol. The minimum atomic E-state index is -0.624. The molecule has 1 amide bonds. The molecular formula is C11H10Cl2N2O3. The van der Waals surface area contributed by atoms with Gasteiger partial charge in [-0.3, -0.25) is 14.9 Å². The van der Waals surface area contributed by atoms with Crippen molar-refractivity contribution >= 4 is 34.8 Å². The number of nitrogens with zero attached hydrogens (tertiary/aromatic N) is 1. The van der Waals surface area contributed by atoms with Crippen LogP contribution in [0.15, 0.2) is 18.2 Å². The molecule has 96 valence electrons. The highest BCUT2D eigenvalue weighted by atomic mass is 35.5. The van der Waals surface area contributed by atoms with Gasteiger partial charge in [-0.15, -0.1) is 11.6 Å². The van der Waals surface area contributed by atoms with E-state index in [0.717, 1.165) is 12.8 Å². The Morgan fingerprint density at radius 3 is 2.67 bits per heavy atom. The van der Waals surface area contributed by atoms with Crippen LogP contribution in [0, 0.1) is 10.1 Å². The van der Waals surface area contributed by atoms with Crippen LogP contribution in [0.3, 0.4) is 0 Å². The van der Waals surface area contributed by atoms with Gasteiger partial charge in [-0.2, -0.15) is 0 Å². The lowest BCUT2D eigenvalue weighted by Gasteiger charge is -2.14. The molecule has 0 atom stereocenters. The summed E-state index contributed by atoms with van der Waals surface area (Å²) >= 11 is 11.6. The SMILES string of the molecule is O=C(NC1(CCl)CC1)c1c(Cl)cccc1[N+](=O)[O-]. The van der Waals surface area contributed by atoms with Gasteiger partial charge in [0.25, 0.3) is 11.6 Å². The van der Waals surface area contributed by atoms with E-state index >= 15 is 0 Å². The van der Waals surface area contributed by atoms with Gasteiger partial charge in [0.1, 0.15) is 5.56 Å². The number of carbonyl (C=O) groups excluding carboxylic acids is 1. The van der Waals surface area contributed by atoms with E-state index in [0.29, 0.717) is 0 Å². The van der Waals surface area contributed by atoms with Crippen molar-refractivity contribution in [2.24, 2.45) is 0 Å². The normalized spacial score (nSPS) is 16.1. The summed E-state index contributed by atoms with van der Waals surface area (Å²) in [5.74, 6) is -0.262. The van der Waals surface area contributed by atoms with Crippen LogP contribution in [0.2, 0.25) is 5.02 Å². The predicted octanol–water partition coefficient (Wildman–Crippen LogP) is 2.75. The molecule has 18 heavy (non-hydrogen) atoms. The molecular weight excluding hydrogens is 279 g/mol. The van der Waals surface area contributed by atoms with Gasteiger partial charge >= 0.3 is 0 Å². The third-order valence-electron chi connectivity index (χ3n) is 2.90. The summed E-state index contributed by atoms with van der Waals surface area (Å²) in [7, 11) is 0. The summed E-state index contributed by atoms with van der Waals surface area (Å²) in [6, 6.07) is 4.14. The summed E-state index contributed by atoms with van der Waals surface area (Å²) in [6.45, 7) is 0. The van der Waals surface area contributed by atoms with Crippen molar-refractivity contribution in [2.45, 2.75) is 18.4 Å². The molecule has 1 aromatic carbocycles. The number of carbonyl (C=O) groups is 1. The number of hydrogen-bond acceptors (Lipinski definition) is 3. The fraction of sp³-hybridized carbons (Fsp3) is 0.364. The molecule has 0 aliphatic heterocycles. The van der Waals surface area contributed by atoms with Gasteiger partial charge in [0.05, 0.1) is 15.5 Å². The lowest BCUT2D eigenvalue weighted by atomic mass is 10.1. The Kier molecular flexibility index (Phi) is 3.45. The molecule has 0 bridgehead atoms. The summed E-state index contributed by atoms with van der Waals surface area (Å²) in [4.78, 5) is 22.3. The quantitative estimate of drug-likeness (QED) is 0.526. The van der Waals surface area contributed by atoms with E-state index in [1.54, 1.807) is 0 Å². The minimum Gasteiger partial charge on any atom is -0.345 e. The number of nitro benzene ring substituents is 1. The molecule has 0 heterocycles. The van der Waals surface area contributed by atoms with E-state index in [2.05, 4.69) is 5.32 Å². The van der Waals surface area contributed by atoms with Crippen molar-refractivity contribution in [3.05, 3.63) is 38.9 Å². The molecule has 0 aromatic heterocycles. The topological polar surface area (TPSA) is 72.2 Å². The standard InChI is InChI=1S/C11H10Cl2N2O3/c12-6-11(4-5-11)14-10(16)9-7(13)2-1-3-8(9)15(17)18/h1-3H,4-6H2,(H,14,16). The van der Waals surface area contributed by atoms with Crippen LogP contribution in [-0.2, 0) is 0 Å². The third kappa shape index (κ3) is 2.42. The Morgan fingerprint density at radius 1 is 1.50 bits per heavy atom. The lowest BCUT2D eigenvalue weighted by Crippen LogP contribution is -2.38. The van der Waals surface area contributed by atoms with Crippen LogP contribution in [-0.4, -0.2) is 22.2 Å². The van der Waals surface area contributed by atoms with E-state index in [9.17, 15) is 14.9 Å². The second-order valence-corrected chi connectivity index (χ2v) is 4.93. The van der Waals surface area contributed by atoms with Crippen LogP contribution in [0.5, 0.6) is 0 Å². The number of nitrogens with one attached hydrogen (secondary N) is 1. The second kappa shape index (κ2) is 4.74. The lowest BCUT2D eigenvalue weighted by molar-refractivity contribution is -0.385. The fourth-order valence-electron chi connectivity index (χ4n) is 1.64. The van der Waals surface area contributed by atoms with Gasteiger partial charge in [0.2, 0.25) is 0 Å². The Balaban J connectivity index is 2.32. The number of rotatable bonds is 4. The molecule has 0 radical (unpaired) electrons. The van der Waals surface area contributed by atoms with Gasteiger partial charge in [-0.1, -0.05) is 17.7 Å². The Bertz CT molecular complexity index is 515. The molecule has 0 unspecified atom stereocenters. The zero-order valence-electron chi connectivity index (χ0n) is 9.28. The van der Waals surface area contributed by atoms with Gasteiger partial charge in [0.15, 0.2) is 0 Å². The molecule has 0 spiro atoms. The molecule has 1 saturated carbocycles. The van der Waals surface area contributed by atoms with Gasteiger partial charge < -0.3 is 5.32 Å². The molecule has 1 aromatic rings. The van der Waals surface area contributed by atoms with Gasteiger partial charge in [0, 0.05) is 11.9 Å². The van der Waals surface area contributed by atoms with Crippen LogP contribution in [0.4, 0.5) is 5.69 Å². The first-order valence-corrected chi connectivity index (χ1v) is 6.22. The van der Waals surface area contributed by atoms with Crippen molar-refractivity contribution < 1.29 is 9.72 Å². The van der Waals surface area contributed by atoms with Crippen molar-refractivity contribution in [1.29, 1.82) is 0 Å². The van der Waals surface area contributed by atoms with E-state index < -0.39 is 16.4 Å². The number of alkyl halides is 1. The first-order valence-electron chi connectivity index (χ1n) is 5.30. The van der Waals surface area contributed by atoms with E-state index in [-0.39, 0.29) is 22.2 Å². The summed E-state index contributed by atoms with van der Waals surface area (Å²) in [5.41, 5.74) is -0.836. The first kappa shape index (κ1) is 13.1. The average Bonchev–Trinajstić information content (AvgIpc) is 3.08. The number of benzene rings is 1. The Morgan fingerprint density at radius 2 is 2.17 bits per heavy atom. The largest absolute Gasteiger partial charge is 0.345 e. The second-order valence-electron chi connectivity index (χ2n) is 4.26. The maximum atomic E-state index is 12.0. The van der Waals surface area contributed by atoms with Crippen molar-refractivity contribution in [2.75, 3.05) is 5.88 Å². The van der Waals surface area contributed by atoms with Crippen molar-refractivity contribution in [1.82, 2.24) is 5.32 Å². The summed E-state index contributed by atoms with van der Waals surface area (Å²) in [5, 5.41) is 13.6. The van der Waals surface area contributed by atoms with E-state index in [4.69, 9.17) is 23.2 Å². The third-order valence-corrected chi connectivity index (χ3v) is 3.73. The fourth-order valence-corrected chi connectivity index (χ4v) is 2.23. The van der Waals surface area contributed by atoms with Gasteiger partial charge in [-0.05, 0) is 18.9 Å². The molecule has 0 saturated heterocycles. The predicted molar refractivity (Wildman–Crippen MR) is 68.3 cm³/mol.